The molecule has 0 aliphatic carbocycles. The van der Waals surface area contributed by atoms with Crippen LogP contribution in [0.1, 0.15) is 19.3 Å². The van der Waals surface area contributed by atoms with Crippen LogP contribution < -0.4 is 4.72 Å². The van der Waals surface area contributed by atoms with Crippen LogP contribution in [0.2, 0.25) is 0 Å². The molecule has 8 nitrogen and oxygen atoms in total. The molecule has 1 unspecified atom stereocenters. The summed E-state index contributed by atoms with van der Waals surface area (Å²) in [7, 11) is -3.90. The first kappa shape index (κ1) is 12.8. The van der Waals surface area contributed by atoms with Crippen LogP contribution in [0.15, 0.2) is 17.0 Å². The molecule has 1 aliphatic heterocycles. The Labute approximate surface area is 104 Å². The van der Waals surface area contributed by atoms with Gasteiger partial charge in [-0.1, -0.05) is 5.16 Å². The quantitative estimate of drug-likeness (QED) is 0.815. The van der Waals surface area contributed by atoms with E-state index >= 15 is 0 Å². The number of aliphatic carboxylic acids is 1. The molecule has 2 rings (SSSR count). The molecular formula is C9H13N3O5S. The SMILES string of the molecule is O=C(O)C1CCCCN1S(=O)(=O)Nc1cnoc1. The monoisotopic (exact) mass is 275 g/mol. The molecule has 0 amide bonds. The van der Waals surface area contributed by atoms with E-state index in [2.05, 4.69) is 14.4 Å². The number of aromatic nitrogens is 1. The summed E-state index contributed by atoms with van der Waals surface area (Å²) in [5, 5.41) is 12.4. The van der Waals surface area contributed by atoms with E-state index in [0.29, 0.717) is 19.3 Å². The van der Waals surface area contributed by atoms with Crippen LogP contribution >= 0.6 is 0 Å². The molecule has 1 aliphatic rings. The minimum Gasteiger partial charge on any atom is -0.480 e. The lowest BCUT2D eigenvalue weighted by Gasteiger charge is -2.31. The summed E-state index contributed by atoms with van der Waals surface area (Å²) in [6.45, 7) is 0.192. The fraction of sp³-hybridized carbons (Fsp3) is 0.556. The Morgan fingerprint density at radius 2 is 2.33 bits per heavy atom. The summed E-state index contributed by atoms with van der Waals surface area (Å²) in [5.74, 6) is -1.13. The number of carboxylic acid groups (broad SMARTS) is 1. The van der Waals surface area contributed by atoms with Gasteiger partial charge in [-0.05, 0) is 19.3 Å². The number of nitrogens with zero attached hydrogens (tertiary/aromatic N) is 2. The molecule has 9 heteroatoms. The third kappa shape index (κ3) is 2.62. The van der Waals surface area contributed by atoms with Gasteiger partial charge in [-0.3, -0.25) is 9.52 Å². The molecule has 2 heterocycles. The van der Waals surface area contributed by atoms with Crippen molar-refractivity contribution in [1.82, 2.24) is 9.46 Å². The molecule has 1 aromatic heterocycles. The molecule has 18 heavy (non-hydrogen) atoms. The summed E-state index contributed by atoms with van der Waals surface area (Å²) in [6.07, 6.45) is 4.01. The number of hydrogen-bond donors (Lipinski definition) is 2. The average molecular weight is 275 g/mol. The first-order valence-corrected chi connectivity index (χ1v) is 6.86. The zero-order valence-electron chi connectivity index (χ0n) is 9.44. The Balaban J connectivity index is 2.19. The molecule has 100 valence electrons. The molecule has 0 saturated carbocycles. The van der Waals surface area contributed by atoms with Crippen molar-refractivity contribution in [2.45, 2.75) is 25.3 Å². The number of nitrogens with one attached hydrogen (secondary N) is 1. The van der Waals surface area contributed by atoms with E-state index in [0.717, 1.165) is 10.6 Å². The predicted octanol–water partition coefficient (Wildman–Crippen LogP) is 0.270. The van der Waals surface area contributed by atoms with Gasteiger partial charge in [0.05, 0.1) is 6.20 Å². The topological polar surface area (TPSA) is 113 Å². The predicted molar refractivity (Wildman–Crippen MR) is 61.0 cm³/mol. The van der Waals surface area contributed by atoms with Crippen molar-refractivity contribution in [2.24, 2.45) is 0 Å². The Morgan fingerprint density at radius 1 is 1.56 bits per heavy atom. The lowest BCUT2D eigenvalue weighted by Crippen LogP contribution is -2.49. The maximum atomic E-state index is 12.0. The molecule has 2 N–H and O–H groups in total. The van der Waals surface area contributed by atoms with E-state index in [1.165, 1.54) is 6.20 Å². The van der Waals surface area contributed by atoms with E-state index in [1.54, 1.807) is 0 Å². The van der Waals surface area contributed by atoms with Gasteiger partial charge in [0.25, 0.3) is 0 Å². The third-order valence-electron chi connectivity index (χ3n) is 2.73. The molecule has 1 saturated heterocycles. The zero-order valence-corrected chi connectivity index (χ0v) is 10.3. The maximum Gasteiger partial charge on any atom is 0.322 e. The zero-order chi connectivity index (χ0) is 13.2. The molecule has 1 atom stereocenters. The number of hydrogen-bond acceptors (Lipinski definition) is 5. The van der Waals surface area contributed by atoms with Crippen LogP contribution in [0.3, 0.4) is 0 Å². The van der Waals surface area contributed by atoms with Crippen molar-refractivity contribution >= 4 is 21.9 Å². The van der Waals surface area contributed by atoms with Gasteiger partial charge in [0.2, 0.25) is 0 Å². The van der Waals surface area contributed by atoms with E-state index in [-0.39, 0.29) is 12.2 Å². The Morgan fingerprint density at radius 3 is 2.94 bits per heavy atom. The number of rotatable bonds is 4. The van der Waals surface area contributed by atoms with Gasteiger partial charge in [0.1, 0.15) is 18.0 Å². The highest BCUT2D eigenvalue weighted by Gasteiger charge is 2.36. The van der Waals surface area contributed by atoms with Gasteiger partial charge in [-0.15, -0.1) is 0 Å². The van der Waals surface area contributed by atoms with Gasteiger partial charge in [-0.25, -0.2) is 0 Å². The third-order valence-corrected chi connectivity index (χ3v) is 4.27. The van der Waals surface area contributed by atoms with Gasteiger partial charge < -0.3 is 9.63 Å². The number of carboxylic acids is 1. The van der Waals surface area contributed by atoms with Gasteiger partial charge in [0.15, 0.2) is 0 Å². The van der Waals surface area contributed by atoms with Crippen LogP contribution in [0, 0.1) is 0 Å². The average Bonchev–Trinajstić information content (AvgIpc) is 2.81. The highest BCUT2D eigenvalue weighted by atomic mass is 32.2. The highest BCUT2D eigenvalue weighted by Crippen LogP contribution is 2.22. The number of piperidine rings is 1. The molecular weight excluding hydrogens is 262 g/mol. The molecule has 1 fully saturated rings. The Kier molecular flexibility index (Phi) is 3.53. The normalized spacial score (nSPS) is 21.7. The molecule has 0 bridgehead atoms. The van der Waals surface area contributed by atoms with Crippen LogP contribution in [0.5, 0.6) is 0 Å². The van der Waals surface area contributed by atoms with Crippen molar-refractivity contribution < 1.29 is 22.8 Å². The second-order valence-electron chi connectivity index (χ2n) is 3.98. The largest absolute Gasteiger partial charge is 0.480 e. The smallest absolute Gasteiger partial charge is 0.322 e. The maximum absolute atomic E-state index is 12.0. The fourth-order valence-corrected chi connectivity index (χ4v) is 3.32. The minimum absolute atomic E-state index is 0.171. The van der Waals surface area contributed by atoms with Gasteiger partial charge in [-0.2, -0.15) is 12.7 Å². The molecule has 1 aromatic rings. The summed E-state index contributed by atoms with van der Waals surface area (Å²) >= 11 is 0. The highest BCUT2D eigenvalue weighted by molar-refractivity contribution is 7.90. The second kappa shape index (κ2) is 4.94. The fourth-order valence-electron chi connectivity index (χ4n) is 1.90. The lowest BCUT2D eigenvalue weighted by atomic mass is 10.1. The Hall–Kier alpha value is -1.61. The van der Waals surface area contributed by atoms with Crippen molar-refractivity contribution in [1.29, 1.82) is 0 Å². The van der Waals surface area contributed by atoms with Crippen molar-refractivity contribution in [2.75, 3.05) is 11.3 Å². The molecule has 0 spiro atoms. The molecule has 0 radical (unpaired) electrons. The van der Waals surface area contributed by atoms with E-state index in [1.807, 2.05) is 0 Å². The summed E-state index contributed by atoms with van der Waals surface area (Å²) in [4.78, 5) is 11.0. The summed E-state index contributed by atoms with van der Waals surface area (Å²) in [6, 6.07) is -1.02. The van der Waals surface area contributed by atoms with E-state index in [9.17, 15) is 13.2 Å². The second-order valence-corrected chi connectivity index (χ2v) is 5.60. The van der Waals surface area contributed by atoms with Gasteiger partial charge in [0, 0.05) is 6.54 Å². The Bertz CT molecular complexity index is 512. The van der Waals surface area contributed by atoms with Crippen LogP contribution in [0.25, 0.3) is 0 Å². The number of carbonyl (C=O) groups is 1. The first-order valence-electron chi connectivity index (χ1n) is 5.42. The summed E-state index contributed by atoms with van der Waals surface area (Å²) in [5.41, 5.74) is 0.171. The minimum atomic E-state index is -3.90. The lowest BCUT2D eigenvalue weighted by molar-refractivity contribution is -0.142. The summed E-state index contributed by atoms with van der Waals surface area (Å²) < 4.78 is 31.8. The van der Waals surface area contributed by atoms with Crippen LogP contribution in [0.4, 0.5) is 5.69 Å². The van der Waals surface area contributed by atoms with Gasteiger partial charge >= 0.3 is 16.2 Å². The van der Waals surface area contributed by atoms with E-state index < -0.39 is 22.2 Å². The molecule has 0 aromatic carbocycles. The van der Waals surface area contributed by atoms with Crippen molar-refractivity contribution in [3.63, 3.8) is 0 Å². The van der Waals surface area contributed by atoms with Crippen molar-refractivity contribution in [3.8, 4) is 0 Å². The van der Waals surface area contributed by atoms with Crippen LogP contribution in [-0.4, -0.2) is 41.5 Å². The first-order chi connectivity index (χ1) is 8.50. The number of anilines is 1. The van der Waals surface area contributed by atoms with Crippen LogP contribution in [-0.2, 0) is 15.0 Å². The van der Waals surface area contributed by atoms with E-state index in [4.69, 9.17) is 5.11 Å². The standard InChI is InChI=1S/C9H13N3O5S/c13-9(14)8-3-1-2-4-12(8)18(15,16)11-7-5-10-17-6-7/h5-6,8,11H,1-4H2,(H,13,14). The van der Waals surface area contributed by atoms with Crippen molar-refractivity contribution in [3.05, 3.63) is 12.5 Å².